The van der Waals surface area contributed by atoms with Crippen LogP contribution in [-0.4, -0.2) is 34.8 Å². The van der Waals surface area contributed by atoms with Gasteiger partial charge in [-0.25, -0.2) is 0 Å². The number of aromatic amines is 1. The second kappa shape index (κ2) is 6.49. The summed E-state index contributed by atoms with van der Waals surface area (Å²) in [5.41, 5.74) is 1.58. The first kappa shape index (κ1) is 13.0. The van der Waals surface area contributed by atoms with Gasteiger partial charge in [-0.3, -0.25) is 5.10 Å². The zero-order valence-corrected chi connectivity index (χ0v) is 11.2. The summed E-state index contributed by atoms with van der Waals surface area (Å²) in [7, 11) is 0. The average molecular weight is 305 g/mol. The maximum atomic E-state index is 9.01. The number of aliphatic hydroxyl groups is 1. The summed E-state index contributed by atoms with van der Waals surface area (Å²) < 4.78 is 11.9. The van der Waals surface area contributed by atoms with E-state index in [9.17, 15) is 0 Å². The third-order valence-electron chi connectivity index (χ3n) is 2.78. The summed E-state index contributed by atoms with van der Waals surface area (Å²) in [6.45, 7) is 1.34. The van der Waals surface area contributed by atoms with Crippen molar-refractivity contribution >= 4 is 15.9 Å². The van der Waals surface area contributed by atoms with E-state index in [1.165, 1.54) is 6.42 Å². The molecule has 0 bridgehead atoms. The number of nitrogens with one attached hydrogen (secondary N) is 1. The van der Waals surface area contributed by atoms with Crippen molar-refractivity contribution in [2.45, 2.75) is 38.6 Å². The predicted octanol–water partition coefficient (Wildman–Crippen LogP) is 1.75. The Hall–Kier alpha value is -0.430. The molecule has 0 saturated carbocycles. The number of halogens is 1. The van der Waals surface area contributed by atoms with Gasteiger partial charge in [-0.15, -0.1) is 0 Å². The number of ether oxygens (including phenoxy) is 2. The highest BCUT2D eigenvalue weighted by atomic mass is 79.9. The van der Waals surface area contributed by atoms with E-state index in [0.29, 0.717) is 18.7 Å². The van der Waals surface area contributed by atoms with Crippen molar-refractivity contribution in [3.63, 3.8) is 0 Å². The van der Waals surface area contributed by atoms with E-state index in [4.69, 9.17) is 14.6 Å². The van der Waals surface area contributed by atoms with Crippen LogP contribution in [0.1, 0.15) is 30.7 Å². The van der Waals surface area contributed by atoms with Gasteiger partial charge in [0.2, 0.25) is 0 Å². The molecule has 1 atom stereocenters. The van der Waals surface area contributed by atoms with Gasteiger partial charge in [-0.05, 0) is 35.2 Å². The Balaban J connectivity index is 1.75. The molecule has 0 spiro atoms. The second-order valence-electron chi connectivity index (χ2n) is 4.04. The van der Waals surface area contributed by atoms with Crippen molar-refractivity contribution in [3.8, 4) is 0 Å². The maximum Gasteiger partial charge on any atom is 0.157 e. The van der Waals surface area contributed by atoms with Crippen LogP contribution in [0.2, 0.25) is 0 Å². The van der Waals surface area contributed by atoms with Crippen LogP contribution in [0.25, 0.3) is 0 Å². The Bertz CT molecular complexity index is 350. The van der Waals surface area contributed by atoms with Gasteiger partial charge in [0.15, 0.2) is 6.29 Å². The Labute approximate surface area is 109 Å². The van der Waals surface area contributed by atoms with Gasteiger partial charge in [0.05, 0.1) is 29.1 Å². The van der Waals surface area contributed by atoms with Gasteiger partial charge in [-0.2, -0.15) is 5.10 Å². The summed E-state index contributed by atoms with van der Waals surface area (Å²) in [5, 5.41) is 15.9. The summed E-state index contributed by atoms with van der Waals surface area (Å²) in [6, 6.07) is 0. The van der Waals surface area contributed by atoms with Crippen molar-refractivity contribution in [3.05, 3.63) is 15.9 Å². The molecule has 96 valence electrons. The minimum atomic E-state index is -0.0567. The fourth-order valence-electron chi connectivity index (χ4n) is 1.81. The lowest BCUT2D eigenvalue weighted by atomic mass is 10.2. The molecule has 6 heteroatoms. The lowest BCUT2D eigenvalue weighted by molar-refractivity contribution is -0.161. The average Bonchev–Trinajstić information content (AvgIpc) is 2.72. The zero-order chi connectivity index (χ0) is 12.1. The number of nitrogens with zero attached hydrogens (tertiary/aromatic N) is 1. The lowest BCUT2D eigenvalue weighted by Gasteiger charge is -2.22. The van der Waals surface area contributed by atoms with Gasteiger partial charge in [-0.1, -0.05) is 0 Å². The van der Waals surface area contributed by atoms with E-state index < -0.39 is 0 Å². The molecule has 0 aromatic carbocycles. The summed E-state index contributed by atoms with van der Waals surface area (Å²) in [6.07, 6.45) is 3.93. The Kier molecular flexibility index (Phi) is 4.97. The first-order chi connectivity index (χ1) is 8.31. The van der Waals surface area contributed by atoms with Crippen molar-refractivity contribution in [2.24, 2.45) is 0 Å². The molecule has 0 amide bonds. The monoisotopic (exact) mass is 304 g/mol. The quantitative estimate of drug-likeness (QED) is 0.870. The highest BCUT2D eigenvalue weighted by Crippen LogP contribution is 2.20. The van der Waals surface area contributed by atoms with Crippen LogP contribution in [0.3, 0.4) is 0 Å². The minimum Gasteiger partial charge on any atom is -0.390 e. The molecule has 5 nitrogen and oxygen atoms in total. The number of H-pyrrole nitrogens is 1. The smallest absolute Gasteiger partial charge is 0.157 e. The summed E-state index contributed by atoms with van der Waals surface area (Å²) in [5.74, 6) is 0. The fourth-order valence-corrected chi connectivity index (χ4v) is 2.31. The van der Waals surface area contributed by atoms with Gasteiger partial charge in [0, 0.05) is 13.0 Å². The second-order valence-corrected chi connectivity index (χ2v) is 4.83. The molecule has 2 N–H and O–H groups in total. The van der Waals surface area contributed by atoms with Gasteiger partial charge < -0.3 is 14.6 Å². The minimum absolute atomic E-state index is 0.0415. The molecule has 1 aliphatic heterocycles. The number of aliphatic hydroxyl groups excluding tert-OH is 1. The van der Waals surface area contributed by atoms with E-state index in [0.717, 1.165) is 29.6 Å². The van der Waals surface area contributed by atoms with E-state index in [1.807, 2.05) is 0 Å². The number of hydrogen-bond acceptors (Lipinski definition) is 4. The highest BCUT2D eigenvalue weighted by Gasteiger charge is 2.15. The number of rotatable bonds is 5. The van der Waals surface area contributed by atoms with Crippen LogP contribution in [0.4, 0.5) is 0 Å². The molecule has 1 aromatic rings. The van der Waals surface area contributed by atoms with Crippen LogP contribution >= 0.6 is 15.9 Å². The molecular weight excluding hydrogens is 288 g/mol. The maximum absolute atomic E-state index is 9.01. The van der Waals surface area contributed by atoms with Crippen LogP contribution in [0, 0.1) is 0 Å². The lowest BCUT2D eigenvalue weighted by Crippen LogP contribution is -2.23. The van der Waals surface area contributed by atoms with Gasteiger partial charge in [0.25, 0.3) is 0 Å². The molecule has 1 saturated heterocycles. The molecule has 0 aliphatic carbocycles. The van der Waals surface area contributed by atoms with Crippen LogP contribution < -0.4 is 0 Å². The summed E-state index contributed by atoms with van der Waals surface area (Å²) in [4.78, 5) is 0. The molecule has 2 rings (SSSR count). The van der Waals surface area contributed by atoms with Crippen molar-refractivity contribution in [2.75, 3.05) is 13.2 Å². The van der Waals surface area contributed by atoms with Gasteiger partial charge >= 0.3 is 0 Å². The molecule has 1 aliphatic rings. The standard InChI is InChI=1S/C11H17BrN2O3/c12-11-8(13-14-9(11)7-15)4-6-17-10-3-1-2-5-16-10/h10,15H,1-7H2,(H,13,14). The third kappa shape index (κ3) is 3.51. The Morgan fingerprint density at radius 3 is 3.06 bits per heavy atom. The van der Waals surface area contributed by atoms with Crippen molar-refractivity contribution < 1.29 is 14.6 Å². The third-order valence-corrected chi connectivity index (χ3v) is 3.72. The first-order valence-corrected chi connectivity index (χ1v) is 6.66. The molecule has 0 radical (unpaired) electrons. The number of hydrogen-bond donors (Lipinski definition) is 2. The van der Waals surface area contributed by atoms with E-state index in [-0.39, 0.29) is 12.9 Å². The van der Waals surface area contributed by atoms with E-state index in [2.05, 4.69) is 26.1 Å². The van der Waals surface area contributed by atoms with Gasteiger partial charge in [0.1, 0.15) is 0 Å². The largest absolute Gasteiger partial charge is 0.390 e. The normalized spacial score (nSPS) is 20.7. The Morgan fingerprint density at radius 2 is 2.41 bits per heavy atom. The predicted molar refractivity (Wildman–Crippen MR) is 65.5 cm³/mol. The molecule has 1 fully saturated rings. The van der Waals surface area contributed by atoms with Crippen LogP contribution in [0.5, 0.6) is 0 Å². The van der Waals surface area contributed by atoms with Crippen molar-refractivity contribution in [1.29, 1.82) is 0 Å². The zero-order valence-electron chi connectivity index (χ0n) is 9.62. The fraction of sp³-hybridized carbons (Fsp3) is 0.727. The van der Waals surface area contributed by atoms with E-state index >= 15 is 0 Å². The topological polar surface area (TPSA) is 67.4 Å². The van der Waals surface area contributed by atoms with E-state index in [1.54, 1.807) is 0 Å². The van der Waals surface area contributed by atoms with Crippen LogP contribution in [-0.2, 0) is 22.5 Å². The Morgan fingerprint density at radius 1 is 1.53 bits per heavy atom. The van der Waals surface area contributed by atoms with Crippen LogP contribution in [0.15, 0.2) is 4.47 Å². The van der Waals surface area contributed by atoms with Crippen molar-refractivity contribution in [1.82, 2.24) is 10.2 Å². The SMILES string of the molecule is OCc1[nH]nc(CCOC2CCCCO2)c1Br. The molecule has 1 aromatic heterocycles. The molecule has 2 heterocycles. The molecular formula is C11H17BrN2O3. The number of aromatic nitrogens is 2. The summed E-state index contributed by atoms with van der Waals surface area (Å²) >= 11 is 3.40. The highest BCUT2D eigenvalue weighted by molar-refractivity contribution is 9.10. The molecule has 17 heavy (non-hydrogen) atoms. The molecule has 1 unspecified atom stereocenters. The first-order valence-electron chi connectivity index (χ1n) is 5.87.